The van der Waals surface area contributed by atoms with Crippen molar-refractivity contribution in [1.82, 2.24) is 15.5 Å². The molecule has 8 heteroatoms. The molecule has 0 bridgehead atoms. The average Bonchev–Trinajstić information content (AvgIpc) is 3.20. The van der Waals surface area contributed by atoms with E-state index in [4.69, 9.17) is 11.6 Å². The summed E-state index contributed by atoms with van der Waals surface area (Å²) in [4.78, 5) is 41.3. The molecule has 1 unspecified atom stereocenters. The van der Waals surface area contributed by atoms with Gasteiger partial charge in [0.2, 0.25) is 11.8 Å². The van der Waals surface area contributed by atoms with Crippen molar-refractivity contribution in [3.8, 4) is 0 Å². The van der Waals surface area contributed by atoms with Gasteiger partial charge in [-0.05, 0) is 49.1 Å². The Morgan fingerprint density at radius 2 is 1.79 bits per heavy atom. The van der Waals surface area contributed by atoms with Gasteiger partial charge in [0.25, 0.3) is 5.91 Å². The lowest BCUT2D eigenvalue weighted by molar-refractivity contribution is -0.132. The highest BCUT2D eigenvalue weighted by Gasteiger charge is 2.57. The first-order valence-electron chi connectivity index (χ1n) is 11.0. The highest BCUT2D eigenvalue weighted by Crippen LogP contribution is 2.56. The van der Waals surface area contributed by atoms with E-state index in [0.29, 0.717) is 17.1 Å². The molecule has 3 atom stereocenters. The summed E-state index contributed by atoms with van der Waals surface area (Å²) in [5.41, 5.74) is 2.50. The van der Waals surface area contributed by atoms with Crippen LogP contribution in [0.2, 0.25) is 5.02 Å². The second kappa shape index (κ2) is 9.03. The van der Waals surface area contributed by atoms with Crippen LogP contribution in [0.25, 0.3) is 0 Å². The minimum atomic E-state index is -0.718. The normalized spacial score (nSPS) is 21.5. The second-order valence-electron chi connectivity index (χ2n) is 9.35. The van der Waals surface area contributed by atoms with Crippen LogP contribution in [0.15, 0.2) is 48.5 Å². The first-order valence-corrected chi connectivity index (χ1v) is 12.3. The number of benzene rings is 2. The lowest BCUT2D eigenvalue weighted by Crippen LogP contribution is -2.58. The number of rotatable bonds is 6. The number of thioether (sulfide) groups is 1. The zero-order valence-corrected chi connectivity index (χ0v) is 20.7. The van der Waals surface area contributed by atoms with Crippen molar-refractivity contribution in [2.75, 3.05) is 0 Å². The van der Waals surface area contributed by atoms with E-state index in [0.717, 1.165) is 11.1 Å². The first-order chi connectivity index (χ1) is 15.6. The van der Waals surface area contributed by atoms with Crippen LogP contribution in [0.3, 0.4) is 0 Å². The third-order valence-corrected chi connectivity index (χ3v) is 7.96. The summed E-state index contributed by atoms with van der Waals surface area (Å²) >= 11 is 7.53. The number of nitrogens with zero attached hydrogens (tertiary/aromatic N) is 1. The third-order valence-electron chi connectivity index (χ3n) is 6.17. The van der Waals surface area contributed by atoms with Gasteiger partial charge in [0, 0.05) is 21.9 Å². The largest absolute Gasteiger partial charge is 0.350 e. The number of carbonyl (C=O) groups is 3. The summed E-state index contributed by atoms with van der Waals surface area (Å²) in [7, 11) is 0. The van der Waals surface area contributed by atoms with Crippen molar-refractivity contribution in [2.45, 2.75) is 56.4 Å². The molecular weight excluding hydrogens is 458 g/mol. The fraction of sp³-hybridized carbons (Fsp3) is 0.400. The Morgan fingerprint density at radius 1 is 1.12 bits per heavy atom. The van der Waals surface area contributed by atoms with Crippen molar-refractivity contribution in [1.29, 1.82) is 0 Å². The predicted molar refractivity (Wildman–Crippen MR) is 131 cm³/mol. The predicted octanol–water partition coefficient (Wildman–Crippen LogP) is 4.15. The molecule has 33 heavy (non-hydrogen) atoms. The molecule has 0 aromatic heterocycles. The van der Waals surface area contributed by atoms with E-state index in [2.05, 4.69) is 10.6 Å². The van der Waals surface area contributed by atoms with E-state index < -0.39 is 16.8 Å². The lowest BCUT2D eigenvalue weighted by atomic mass is 9.98. The molecule has 0 aliphatic carbocycles. The summed E-state index contributed by atoms with van der Waals surface area (Å²) in [5.74, 6) is -0.832. The molecule has 0 radical (unpaired) electrons. The summed E-state index contributed by atoms with van der Waals surface area (Å²) in [5, 5.41) is 6.28. The summed E-state index contributed by atoms with van der Waals surface area (Å²) in [6.07, 6.45) is 0. The molecule has 3 amide bonds. The number of nitrogens with one attached hydrogen (secondary N) is 2. The van der Waals surface area contributed by atoms with E-state index in [1.165, 1.54) is 0 Å². The Balaban J connectivity index is 1.49. The highest BCUT2D eigenvalue weighted by molar-refractivity contribution is 8.01. The Kier molecular flexibility index (Phi) is 6.47. The van der Waals surface area contributed by atoms with Gasteiger partial charge in [-0.15, -0.1) is 11.8 Å². The number of carbonyl (C=O) groups excluding carboxylic acids is 3. The van der Waals surface area contributed by atoms with E-state index in [-0.39, 0.29) is 29.0 Å². The van der Waals surface area contributed by atoms with Crippen molar-refractivity contribution >= 4 is 41.1 Å². The minimum Gasteiger partial charge on any atom is -0.350 e. The minimum absolute atomic E-state index is 0.126. The molecule has 2 N–H and O–H groups in total. The molecule has 2 aromatic rings. The zero-order valence-electron chi connectivity index (χ0n) is 19.1. The quantitative estimate of drug-likeness (QED) is 0.644. The van der Waals surface area contributed by atoms with Gasteiger partial charge in [0.05, 0.1) is 0 Å². The molecule has 6 nitrogen and oxygen atoms in total. The van der Waals surface area contributed by atoms with Gasteiger partial charge in [-0.2, -0.15) is 0 Å². The van der Waals surface area contributed by atoms with Crippen LogP contribution in [-0.2, 0) is 16.1 Å². The van der Waals surface area contributed by atoms with Crippen LogP contribution in [0.5, 0.6) is 0 Å². The van der Waals surface area contributed by atoms with E-state index >= 15 is 0 Å². The standard InChI is InChI=1S/C25H28ClN3O3S/c1-14(2)19(21(30)27-13-15-9-11-16(26)12-10-15)28-22(31)20-25(3,4)33-24-18-8-6-5-7-17(18)23(32)29(20)24/h5-12,14,19-20,24H,13H2,1-4H3,(H,27,30)(H,28,31)/t19-,20+,24?/m0/s1. The maximum atomic E-state index is 13.5. The number of amides is 3. The molecule has 4 rings (SSSR count). The van der Waals surface area contributed by atoms with Crippen LogP contribution in [-0.4, -0.2) is 39.5 Å². The van der Waals surface area contributed by atoms with Crippen LogP contribution >= 0.6 is 23.4 Å². The van der Waals surface area contributed by atoms with Crippen molar-refractivity contribution in [3.05, 3.63) is 70.2 Å². The molecule has 174 valence electrons. The van der Waals surface area contributed by atoms with Gasteiger partial charge >= 0.3 is 0 Å². The highest BCUT2D eigenvalue weighted by atomic mass is 35.5. The van der Waals surface area contributed by atoms with E-state index in [9.17, 15) is 14.4 Å². The fourth-order valence-corrected chi connectivity index (χ4v) is 6.19. The Bertz CT molecular complexity index is 1090. The van der Waals surface area contributed by atoms with Crippen molar-refractivity contribution < 1.29 is 14.4 Å². The van der Waals surface area contributed by atoms with Gasteiger partial charge in [0.15, 0.2) is 0 Å². The lowest BCUT2D eigenvalue weighted by Gasteiger charge is -2.32. The molecule has 2 aliphatic rings. The van der Waals surface area contributed by atoms with Crippen molar-refractivity contribution in [3.63, 3.8) is 0 Å². The molecular formula is C25H28ClN3O3S. The number of halogens is 1. The van der Waals surface area contributed by atoms with Crippen LogP contribution in [0.4, 0.5) is 0 Å². The van der Waals surface area contributed by atoms with Gasteiger partial charge in [0.1, 0.15) is 17.5 Å². The summed E-state index contributed by atoms with van der Waals surface area (Å²) in [6, 6.07) is 13.3. The maximum absolute atomic E-state index is 13.5. The summed E-state index contributed by atoms with van der Waals surface area (Å²) in [6.45, 7) is 8.06. The monoisotopic (exact) mass is 485 g/mol. The van der Waals surface area contributed by atoms with Crippen LogP contribution in [0, 0.1) is 5.92 Å². The molecule has 1 saturated heterocycles. The van der Waals surface area contributed by atoms with Crippen molar-refractivity contribution in [2.24, 2.45) is 5.92 Å². The first kappa shape index (κ1) is 23.6. The third kappa shape index (κ3) is 4.49. The number of fused-ring (bicyclic) bond motifs is 3. The van der Waals surface area contributed by atoms with Crippen LogP contribution in [0.1, 0.15) is 54.6 Å². The molecule has 2 aromatic carbocycles. The van der Waals surface area contributed by atoms with Crippen LogP contribution < -0.4 is 10.6 Å². The van der Waals surface area contributed by atoms with Gasteiger partial charge < -0.3 is 15.5 Å². The van der Waals surface area contributed by atoms with Gasteiger partial charge in [-0.1, -0.05) is 55.8 Å². The number of hydrogen-bond donors (Lipinski definition) is 2. The van der Waals surface area contributed by atoms with Gasteiger partial charge in [-0.25, -0.2) is 0 Å². The smallest absolute Gasteiger partial charge is 0.256 e. The van der Waals surface area contributed by atoms with Gasteiger partial charge in [-0.3, -0.25) is 14.4 Å². The Morgan fingerprint density at radius 3 is 2.45 bits per heavy atom. The Labute approximate surface area is 203 Å². The van der Waals surface area contributed by atoms with E-state index in [1.807, 2.05) is 58.0 Å². The average molecular weight is 486 g/mol. The SMILES string of the molecule is CC(C)[C@H](NC(=O)[C@H]1N2C(=O)c3ccccc3C2SC1(C)C)C(=O)NCc1ccc(Cl)cc1. The Hall–Kier alpha value is -2.51. The number of hydrogen-bond acceptors (Lipinski definition) is 4. The second-order valence-corrected chi connectivity index (χ2v) is 11.5. The molecule has 2 aliphatic heterocycles. The molecule has 2 heterocycles. The maximum Gasteiger partial charge on any atom is 0.256 e. The topological polar surface area (TPSA) is 78.5 Å². The summed E-state index contributed by atoms with van der Waals surface area (Å²) < 4.78 is -0.501. The fourth-order valence-electron chi connectivity index (χ4n) is 4.47. The molecule has 1 fully saturated rings. The zero-order chi connectivity index (χ0) is 23.9. The van der Waals surface area contributed by atoms with E-state index in [1.54, 1.807) is 34.9 Å². The molecule has 0 saturated carbocycles. The molecule has 0 spiro atoms.